The standard InChI is InChI=1S/C14H16FN5O4S/c15-13-3-1-2-4-14(13)25(23,24)19-7-5-17(6-8-19)11-18-10-12(9-16-18)20(21)22/h1-4,9-10H,5-8,11H2. The average Bonchev–Trinajstić information content (AvgIpc) is 3.04. The molecule has 0 amide bonds. The van der Waals surface area contributed by atoms with Crippen molar-refractivity contribution in [2.75, 3.05) is 26.2 Å². The van der Waals surface area contributed by atoms with Gasteiger partial charge in [0.15, 0.2) is 0 Å². The lowest BCUT2D eigenvalue weighted by molar-refractivity contribution is -0.385. The van der Waals surface area contributed by atoms with Gasteiger partial charge >= 0.3 is 5.69 Å². The van der Waals surface area contributed by atoms with Gasteiger partial charge in [0.1, 0.15) is 23.1 Å². The van der Waals surface area contributed by atoms with Gasteiger partial charge in [-0.2, -0.15) is 9.40 Å². The molecule has 9 nitrogen and oxygen atoms in total. The highest BCUT2D eigenvalue weighted by Crippen LogP contribution is 2.20. The molecule has 0 radical (unpaired) electrons. The lowest BCUT2D eigenvalue weighted by Crippen LogP contribution is -2.49. The number of nitro groups is 1. The van der Waals surface area contributed by atoms with Crippen LogP contribution >= 0.6 is 0 Å². The molecule has 11 heteroatoms. The topological polar surface area (TPSA) is 102 Å². The molecule has 0 aliphatic carbocycles. The van der Waals surface area contributed by atoms with Crippen LogP contribution < -0.4 is 0 Å². The molecular weight excluding hydrogens is 353 g/mol. The minimum Gasteiger partial charge on any atom is -0.282 e. The Labute approximate surface area is 143 Å². The van der Waals surface area contributed by atoms with E-state index in [2.05, 4.69) is 5.10 Å². The number of nitrogens with zero attached hydrogens (tertiary/aromatic N) is 5. The van der Waals surface area contributed by atoms with Crippen molar-refractivity contribution in [3.63, 3.8) is 0 Å². The number of hydrogen-bond acceptors (Lipinski definition) is 6. The maximum absolute atomic E-state index is 13.8. The van der Waals surface area contributed by atoms with Crippen molar-refractivity contribution in [2.24, 2.45) is 0 Å². The highest BCUT2D eigenvalue weighted by atomic mass is 32.2. The number of halogens is 1. The Balaban J connectivity index is 1.63. The first-order valence-electron chi connectivity index (χ1n) is 7.52. The molecule has 3 rings (SSSR count). The van der Waals surface area contributed by atoms with Crippen LogP contribution in [0.15, 0.2) is 41.6 Å². The van der Waals surface area contributed by atoms with E-state index in [9.17, 15) is 22.9 Å². The fourth-order valence-electron chi connectivity index (χ4n) is 2.63. The van der Waals surface area contributed by atoms with Crippen LogP contribution in [0.5, 0.6) is 0 Å². The molecule has 1 aromatic carbocycles. The summed E-state index contributed by atoms with van der Waals surface area (Å²) < 4.78 is 41.5. The van der Waals surface area contributed by atoms with Crippen LogP contribution in [0, 0.1) is 15.9 Å². The van der Waals surface area contributed by atoms with E-state index in [0.29, 0.717) is 19.8 Å². The molecule has 2 aromatic rings. The Morgan fingerprint density at radius 3 is 2.48 bits per heavy atom. The second kappa shape index (κ2) is 6.86. The van der Waals surface area contributed by atoms with E-state index in [1.165, 1.54) is 39.6 Å². The van der Waals surface area contributed by atoms with Gasteiger partial charge in [-0.25, -0.2) is 12.8 Å². The van der Waals surface area contributed by atoms with Crippen LogP contribution in [-0.2, 0) is 16.7 Å². The van der Waals surface area contributed by atoms with Crippen LogP contribution in [0.3, 0.4) is 0 Å². The quantitative estimate of drug-likeness (QED) is 0.573. The summed E-state index contributed by atoms with van der Waals surface area (Å²) in [5, 5.41) is 14.6. The molecule has 1 aliphatic heterocycles. The van der Waals surface area contributed by atoms with Crippen LogP contribution in [-0.4, -0.2) is 58.5 Å². The summed E-state index contributed by atoms with van der Waals surface area (Å²) in [5.74, 6) is -0.770. The number of sulfonamides is 1. The predicted octanol–water partition coefficient (Wildman–Crippen LogP) is 0.894. The Morgan fingerprint density at radius 2 is 1.88 bits per heavy atom. The fourth-order valence-corrected chi connectivity index (χ4v) is 4.12. The molecule has 0 N–H and O–H groups in total. The number of hydrogen-bond donors (Lipinski definition) is 0. The normalized spacial score (nSPS) is 16.8. The molecule has 1 aromatic heterocycles. The average molecular weight is 369 g/mol. The molecule has 0 unspecified atom stereocenters. The van der Waals surface area contributed by atoms with Crippen molar-refractivity contribution in [1.82, 2.24) is 19.0 Å². The molecule has 0 bridgehead atoms. The summed E-state index contributed by atoms with van der Waals surface area (Å²) in [6, 6.07) is 5.29. The van der Waals surface area contributed by atoms with Crippen LogP contribution in [0.1, 0.15) is 0 Å². The van der Waals surface area contributed by atoms with E-state index < -0.39 is 20.8 Å². The monoisotopic (exact) mass is 369 g/mol. The summed E-state index contributed by atoms with van der Waals surface area (Å²) in [5.41, 5.74) is -0.0965. The van der Waals surface area contributed by atoms with Crippen LogP contribution in [0.2, 0.25) is 0 Å². The van der Waals surface area contributed by atoms with Gasteiger partial charge in [-0.05, 0) is 12.1 Å². The molecule has 1 aliphatic rings. The zero-order chi connectivity index (χ0) is 18.0. The Kier molecular flexibility index (Phi) is 4.79. The molecule has 1 fully saturated rings. The Hall–Kier alpha value is -2.37. The van der Waals surface area contributed by atoms with Crippen LogP contribution in [0.4, 0.5) is 10.1 Å². The predicted molar refractivity (Wildman–Crippen MR) is 85.6 cm³/mol. The summed E-state index contributed by atoms with van der Waals surface area (Å²) >= 11 is 0. The first kappa shape index (κ1) is 17.5. The van der Waals surface area contributed by atoms with E-state index in [0.717, 1.165) is 6.07 Å². The molecule has 134 valence electrons. The SMILES string of the molecule is O=[N+]([O-])c1cnn(CN2CCN(S(=O)(=O)c3ccccc3F)CC2)c1. The summed E-state index contributed by atoms with van der Waals surface area (Å²) in [4.78, 5) is 11.7. The molecule has 0 spiro atoms. The number of piperazine rings is 1. The minimum absolute atomic E-state index is 0.0965. The fraction of sp³-hybridized carbons (Fsp3) is 0.357. The van der Waals surface area contributed by atoms with Gasteiger partial charge in [0.25, 0.3) is 0 Å². The smallest absolute Gasteiger partial charge is 0.282 e. The molecule has 0 saturated carbocycles. The molecule has 25 heavy (non-hydrogen) atoms. The van der Waals surface area contributed by atoms with Crippen molar-refractivity contribution in [3.05, 3.63) is 52.6 Å². The largest absolute Gasteiger partial charge is 0.307 e. The van der Waals surface area contributed by atoms with E-state index >= 15 is 0 Å². The third-order valence-electron chi connectivity index (χ3n) is 3.96. The lowest BCUT2D eigenvalue weighted by atomic mass is 10.3. The summed E-state index contributed by atoms with van der Waals surface area (Å²) in [7, 11) is -3.88. The molecule has 1 saturated heterocycles. The first-order valence-corrected chi connectivity index (χ1v) is 8.96. The number of benzene rings is 1. The van der Waals surface area contributed by atoms with Gasteiger partial charge in [-0.15, -0.1) is 0 Å². The lowest BCUT2D eigenvalue weighted by Gasteiger charge is -2.33. The number of rotatable bonds is 5. The van der Waals surface area contributed by atoms with E-state index in [1.807, 2.05) is 4.90 Å². The second-order valence-electron chi connectivity index (χ2n) is 5.59. The Bertz CT molecular complexity index is 877. The van der Waals surface area contributed by atoms with Crippen molar-refractivity contribution >= 4 is 15.7 Å². The van der Waals surface area contributed by atoms with Gasteiger partial charge < -0.3 is 0 Å². The molecular formula is C14H16FN5O4S. The third-order valence-corrected chi connectivity index (χ3v) is 5.89. The molecule has 2 heterocycles. The van der Waals surface area contributed by atoms with Gasteiger partial charge in [0, 0.05) is 26.2 Å². The zero-order valence-electron chi connectivity index (χ0n) is 13.2. The maximum Gasteiger partial charge on any atom is 0.307 e. The Morgan fingerprint density at radius 1 is 1.20 bits per heavy atom. The summed E-state index contributed by atoms with van der Waals surface area (Å²) in [6.45, 7) is 1.57. The van der Waals surface area contributed by atoms with E-state index in [-0.39, 0.29) is 23.7 Å². The minimum atomic E-state index is -3.88. The highest BCUT2D eigenvalue weighted by Gasteiger charge is 2.30. The second-order valence-corrected chi connectivity index (χ2v) is 7.50. The van der Waals surface area contributed by atoms with Gasteiger partial charge in [-0.1, -0.05) is 12.1 Å². The van der Waals surface area contributed by atoms with Gasteiger partial charge in [0.05, 0.1) is 11.6 Å². The van der Waals surface area contributed by atoms with Crippen molar-refractivity contribution in [2.45, 2.75) is 11.6 Å². The third kappa shape index (κ3) is 3.67. The van der Waals surface area contributed by atoms with Crippen LogP contribution in [0.25, 0.3) is 0 Å². The van der Waals surface area contributed by atoms with Crippen molar-refractivity contribution in [1.29, 1.82) is 0 Å². The van der Waals surface area contributed by atoms with Crippen molar-refractivity contribution < 1.29 is 17.7 Å². The number of aromatic nitrogens is 2. The van der Waals surface area contributed by atoms with E-state index in [4.69, 9.17) is 0 Å². The van der Waals surface area contributed by atoms with Crippen molar-refractivity contribution in [3.8, 4) is 0 Å². The van der Waals surface area contributed by atoms with E-state index in [1.54, 1.807) is 0 Å². The van der Waals surface area contributed by atoms with Gasteiger partial charge in [-0.3, -0.25) is 19.7 Å². The molecule has 0 atom stereocenters. The summed E-state index contributed by atoms with van der Waals surface area (Å²) in [6.07, 6.45) is 2.49. The maximum atomic E-state index is 13.8. The highest BCUT2D eigenvalue weighted by molar-refractivity contribution is 7.89. The zero-order valence-corrected chi connectivity index (χ0v) is 14.0. The first-order chi connectivity index (χ1) is 11.9. The van der Waals surface area contributed by atoms with Gasteiger partial charge in [0.2, 0.25) is 10.0 Å².